The quantitative estimate of drug-likeness (QED) is 0.519. The van der Waals surface area contributed by atoms with E-state index in [1.807, 2.05) is 4.90 Å². The fraction of sp³-hybridized carbons (Fsp3) is 0.235. The summed E-state index contributed by atoms with van der Waals surface area (Å²) in [5.41, 5.74) is 0.801. The Kier molecular flexibility index (Phi) is 4.05. The number of fused-ring (bicyclic) bond motifs is 1. The Morgan fingerprint density at radius 1 is 1.12 bits per heavy atom. The highest BCUT2D eigenvalue weighted by Gasteiger charge is 2.15. The van der Waals surface area contributed by atoms with Crippen LogP contribution in [0.2, 0.25) is 0 Å². The predicted octanol–water partition coefficient (Wildman–Crippen LogP) is 1.53. The molecule has 0 amide bonds. The third kappa shape index (κ3) is 2.88. The first kappa shape index (κ1) is 16.2. The summed E-state index contributed by atoms with van der Waals surface area (Å²) in [5, 5.41) is 11.2. The largest absolute Gasteiger partial charge is 0.378 e. The summed E-state index contributed by atoms with van der Waals surface area (Å²) in [6, 6.07) is 7.54. The zero-order valence-corrected chi connectivity index (χ0v) is 13.7. The lowest BCUT2D eigenvalue weighted by Gasteiger charge is -2.26. The Hall–Kier alpha value is -3.33. The van der Waals surface area contributed by atoms with Gasteiger partial charge in [-0.15, -0.1) is 0 Å². The molecule has 4 rings (SSSR count). The number of rotatable bonds is 3. The number of anilines is 1. The van der Waals surface area contributed by atoms with E-state index in [1.165, 1.54) is 35.0 Å². The van der Waals surface area contributed by atoms with Crippen LogP contribution in [0.1, 0.15) is 0 Å². The maximum Gasteiger partial charge on any atom is 0.269 e. The van der Waals surface area contributed by atoms with Crippen molar-refractivity contribution < 1.29 is 9.66 Å². The lowest BCUT2D eigenvalue weighted by molar-refractivity contribution is -0.384. The Morgan fingerprint density at radius 2 is 1.85 bits per heavy atom. The van der Waals surface area contributed by atoms with Crippen molar-refractivity contribution in [2.45, 2.75) is 0 Å². The molecule has 0 saturated carbocycles. The van der Waals surface area contributed by atoms with E-state index in [9.17, 15) is 14.9 Å². The molecule has 3 heterocycles. The Balaban J connectivity index is 1.72. The molecule has 26 heavy (non-hydrogen) atoms. The molecule has 1 aliphatic rings. The average Bonchev–Trinajstić information content (AvgIpc) is 2.69. The van der Waals surface area contributed by atoms with Crippen molar-refractivity contribution in [1.29, 1.82) is 0 Å². The smallest absolute Gasteiger partial charge is 0.269 e. The fourth-order valence-corrected chi connectivity index (χ4v) is 2.87. The highest BCUT2D eigenvalue weighted by atomic mass is 16.6. The van der Waals surface area contributed by atoms with Gasteiger partial charge >= 0.3 is 0 Å². The second kappa shape index (κ2) is 6.52. The molecular formula is C17H15N5O4. The van der Waals surface area contributed by atoms with Gasteiger partial charge in [-0.05, 0) is 18.2 Å². The zero-order chi connectivity index (χ0) is 18.1. The molecule has 0 radical (unpaired) electrons. The number of morpholine rings is 1. The minimum atomic E-state index is -0.478. The van der Waals surface area contributed by atoms with Gasteiger partial charge in [-0.25, -0.2) is 9.97 Å². The molecule has 0 spiro atoms. The Labute approximate surface area is 147 Å². The molecule has 9 nitrogen and oxygen atoms in total. The molecule has 1 saturated heterocycles. The van der Waals surface area contributed by atoms with E-state index >= 15 is 0 Å². The van der Waals surface area contributed by atoms with E-state index in [-0.39, 0.29) is 11.2 Å². The van der Waals surface area contributed by atoms with Crippen LogP contribution in [-0.4, -0.2) is 45.8 Å². The standard InChI is InChI=1S/C17H15N5O4/c23-16-14-11-18-17(20-7-9-26-10-8-20)19-15(14)5-6-21(16)12-1-3-13(4-2-12)22(24)25/h1-6,11H,7-10H2. The van der Waals surface area contributed by atoms with Gasteiger partial charge < -0.3 is 9.64 Å². The molecule has 3 aromatic rings. The van der Waals surface area contributed by atoms with Crippen LogP contribution in [0.3, 0.4) is 0 Å². The van der Waals surface area contributed by atoms with Crippen molar-refractivity contribution >= 4 is 22.5 Å². The molecule has 2 aromatic heterocycles. The molecule has 1 aliphatic heterocycles. The van der Waals surface area contributed by atoms with Gasteiger partial charge in [-0.1, -0.05) is 0 Å². The van der Waals surface area contributed by atoms with Crippen molar-refractivity contribution in [1.82, 2.24) is 14.5 Å². The molecule has 9 heteroatoms. The number of pyridine rings is 1. The number of nitro groups is 1. The summed E-state index contributed by atoms with van der Waals surface area (Å²) in [6.07, 6.45) is 3.14. The highest BCUT2D eigenvalue weighted by Crippen LogP contribution is 2.17. The van der Waals surface area contributed by atoms with Crippen LogP contribution in [0.5, 0.6) is 0 Å². The lowest BCUT2D eigenvalue weighted by atomic mass is 10.2. The van der Waals surface area contributed by atoms with Crippen molar-refractivity contribution in [2.75, 3.05) is 31.2 Å². The van der Waals surface area contributed by atoms with Crippen LogP contribution >= 0.6 is 0 Å². The molecular weight excluding hydrogens is 338 g/mol. The van der Waals surface area contributed by atoms with Gasteiger partial charge in [-0.2, -0.15) is 0 Å². The van der Waals surface area contributed by atoms with Gasteiger partial charge in [-0.3, -0.25) is 19.5 Å². The van der Waals surface area contributed by atoms with Crippen molar-refractivity contribution in [3.05, 3.63) is 63.2 Å². The summed E-state index contributed by atoms with van der Waals surface area (Å²) in [4.78, 5) is 33.9. The van der Waals surface area contributed by atoms with Gasteiger partial charge in [0.05, 0.1) is 29.0 Å². The Bertz CT molecular complexity index is 1030. The highest BCUT2D eigenvalue weighted by molar-refractivity contribution is 5.78. The fourth-order valence-electron chi connectivity index (χ4n) is 2.87. The maximum atomic E-state index is 12.8. The minimum Gasteiger partial charge on any atom is -0.378 e. The number of aromatic nitrogens is 3. The van der Waals surface area contributed by atoms with Gasteiger partial charge in [0, 0.05) is 43.3 Å². The molecule has 0 unspecified atom stereocenters. The minimum absolute atomic E-state index is 0.0268. The van der Waals surface area contributed by atoms with E-state index in [0.29, 0.717) is 48.8 Å². The zero-order valence-electron chi connectivity index (χ0n) is 13.7. The first-order valence-corrected chi connectivity index (χ1v) is 8.09. The number of non-ortho nitro benzene ring substituents is 1. The van der Waals surface area contributed by atoms with E-state index in [2.05, 4.69) is 9.97 Å². The average molecular weight is 353 g/mol. The molecule has 0 N–H and O–H groups in total. The van der Waals surface area contributed by atoms with Gasteiger partial charge in [0.15, 0.2) is 0 Å². The van der Waals surface area contributed by atoms with Gasteiger partial charge in [0.1, 0.15) is 0 Å². The first-order valence-electron chi connectivity index (χ1n) is 8.09. The molecule has 0 atom stereocenters. The SMILES string of the molecule is O=c1c2cnc(N3CCOCC3)nc2ccn1-c1ccc([N+](=O)[O-])cc1. The van der Waals surface area contributed by atoms with Crippen LogP contribution < -0.4 is 10.5 Å². The summed E-state index contributed by atoms with van der Waals surface area (Å²) in [7, 11) is 0. The predicted molar refractivity (Wildman–Crippen MR) is 94.8 cm³/mol. The van der Waals surface area contributed by atoms with Crippen LogP contribution in [0, 0.1) is 10.1 Å². The second-order valence-corrected chi connectivity index (χ2v) is 5.83. The summed E-state index contributed by atoms with van der Waals surface area (Å²) < 4.78 is 6.74. The number of ether oxygens (including phenoxy) is 1. The van der Waals surface area contributed by atoms with E-state index < -0.39 is 4.92 Å². The number of nitro benzene ring substituents is 1. The summed E-state index contributed by atoms with van der Waals surface area (Å²) in [6.45, 7) is 2.68. The first-order chi connectivity index (χ1) is 12.6. The summed E-state index contributed by atoms with van der Waals surface area (Å²) >= 11 is 0. The van der Waals surface area contributed by atoms with Crippen molar-refractivity contribution in [2.24, 2.45) is 0 Å². The molecule has 132 valence electrons. The Morgan fingerprint density at radius 3 is 2.54 bits per heavy atom. The van der Waals surface area contributed by atoms with E-state index in [1.54, 1.807) is 12.3 Å². The monoisotopic (exact) mass is 353 g/mol. The third-order valence-corrected chi connectivity index (χ3v) is 4.27. The number of hydrogen-bond donors (Lipinski definition) is 0. The lowest BCUT2D eigenvalue weighted by Crippen LogP contribution is -2.37. The molecule has 0 bridgehead atoms. The van der Waals surface area contributed by atoms with Crippen LogP contribution in [0.15, 0.2) is 47.5 Å². The van der Waals surface area contributed by atoms with Crippen molar-refractivity contribution in [3.8, 4) is 5.69 Å². The van der Waals surface area contributed by atoms with Crippen LogP contribution in [0.4, 0.5) is 11.6 Å². The number of hydrogen-bond acceptors (Lipinski definition) is 7. The normalized spacial score (nSPS) is 14.5. The van der Waals surface area contributed by atoms with Crippen LogP contribution in [-0.2, 0) is 4.74 Å². The number of nitrogens with zero attached hydrogens (tertiary/aromatic N) is 5. The third-order valence-electron chi connectivity index (χ3n) is 4.27. The number of benzene rings is 1. The van der Waals surface area contributed by atoms with Gasteiger partial charge in [0.25, 0.3) is 11.2 Å². The summed E-state index contributed by atoms with van der Waals surface area (Å²) in [5.74, 6) is 0.577. The van der Waals surface area contributed by atoms with Crippen molar-refractivity contribution in [3.63, 3.8) is 0 Å². The van der Waals surface area contributed by atoms with Crippen LogP contribution in [0.25, 0.3) is 16.6 Å². The van der Waals surface area contributed by atoms with Gasteiger partial charge in [0.2, 0.25) is 5.95 Å². The van der Waals surface area contributed by atoms with E-state index in [4.69, 9.17) is 4.74 Å². The molecule has 1 fully saturated rings. The topological polar surface area (TPSA) is 103 Å². The molecule has 1 aromatic carbocycles. The maximum absolute atomic E-state index is 12.8. The second-order valence-electron chi connectivity index (χ2n) is 5.83. The molecule has 0 aliphatic carbocycles. The van der Waals surface area contributed by atoms with E-state index in [0.717, 1.165) is 0 Å².